The number of aliphatic carboxylic acids is 2. The van der Waals surface area contributed by atoms with E-state index in [1.165, 1.54) is 18.3 Å². The summed E-state index contributed by atoms with van der Waals surface area (Å²) in [5.74, 6) is -2.38. The third-order valence-corrected chi connectivity index (χ3v) is 1.89. The van der Waals surface area contributed by atoms with E-state index in [4.69, 9.17) is 15.5 Å². The highest BCUT2D eigenvalue weighted by molar-refractivity contribution is 5.83. The summed E-state index contributed by atoms with van der Waals surface area (Å²) >= 11 is 0. The first-order valence-corrected chi connectivity index (χ1v) is 4.60. The van der Waals surface area contributed by atoms with Gasteiger partial charge < -0.3 is 15.5 Å². The van der Waals surface area contributed by atoms with Crippen LogP contribution in [0.25, 0.3) is 0 Å². The van der Waals surface area contributed by atoms with Gasteiger partial charge >= 0.3 is 11.9 Å². The Kier molecular flexibility index (Phi) is 4.00. The quantitative estimate of drug-likeness (QED) is 0.670. The molecule has 0 aliphatic heterocycles. The molecule has 0 amide bonds. The largest absolute Gasteiger partial charge is 0.481 e. The lowest BCUT2D eigenvalue weighted by Gasteiger charge is -2.12. The molecule has 0 bridgehead atoms. The molecule has 1 unspecified atom stereocenters. The van der Waals surface area contributed by atoms with Crippen molar-refractivity contribution in [3.63, 3.8) is 0 Å². The molecular formula is C10H9N3O4. The molecule has 0 aliphatic rings. The van der Waals surface area contributed by atoms with E-state index >= 15 is 0 Å². The first kappa shape index (κ1) is 12.4. The first-order valence-electron chi connectivity index (χ1n) is 4.60. The fourth-order valence-corrected chi connectivity index (χ4v) is 1.13. The molecule has 0 fully saturated rings. The second-order valence-corrected chi connectivity index (χ2v) is 3.17. The SMILES string of the molecule is N#Cc1ccnc(NC(CC(=O)O)C(=O)O)c1. The van der Waals surface area contributed by atoms with Gasteiger partial charge in [0.05, 0.1) is 18.1 Å². The molecule has 0 aromatic carbocycles. The van der Waals surface area contributed by atoms with E-state index in [-0.39, 0.29) is 5.82 Å². The normalized spacial score (nSPS) is 11.2. The van der Waals surface area contributed by atoms with Crippen LogP contribution >= 0.6 is 0 Å². The minimum Gasteiger partial charge on any atom is -0.481 e. The van der Waals surface area contributed by atoms with Gasteiger partial charge in [-0.3, -0.25) is 4.79 Å². The Morgan fingerprint density at radius 2 is 2.24 bits per heavy atom. The molecule has 0 radical (unpaired) electrons. The molecule has 3 N–H and O–H groups in total. The van der Waals surface area contributed by atoms with Crippen LogP contribution in [0.5, 0.6) is 0 Å². The highest BCUT2D eigenvalue weighted by Crippen LogP contribution is 2.09. The number of hydrogen-bond acceptors (Lipinski definition) is 5. The fourth-order valence-electron chi connectivity index (χ4n) is 1.13. The Labute approximate surface area is 96.3 Å². The summed E-state index contributed by atoms with van der Waals surface area (Å²) in [6.45, 7) is 0. The van der Waals surface area contributed by atoms with E-state index in [1.807, 2.05) is 6.07 Å². The van der Waals surface area contributed by atoms with Crippen molar-refractivity contribution >= 4 is 17.8 Å². The Morgan fingerprint density at radius 1 is 1.53 bits per heavy atom. The number of nitrogens with one attached hydrogen (secondary N) is 1. The van der Waals surface area contributed by atoms with Gasteiger partial charge in [-0.15, -0.1) is 0 Å². The fraction of sp³-hybridized carbons (Fsp3) is 0.200. The molecule has 1 atom stereocenters. The van der Waals surface area contributed by atoms with Gasteiger partial charge in [-0.1, -0.05) is 0 Å². The standard InChI is InChI=1S/C10H9N3O4/c11-5-6-1-2-12-8(3-6)13-7(10(16)17)4-9(14)15/h1-3,7H,4H2,(H,12,13)(H,14,15)(H,16,17). The highest BCUT2D eigenvalue weighted by Gasteiger charge is 2.21. The van der Waals surface area contributed by atoms with Crippen LogP contribution in [0.3, 0.4) is 0 Å². The number of hydrogen-bond donors (Lipinski definition) is 3. The lowest BCUT2D eigenvalue weighted by Crippen LogP contribution is -2.32. The summed E-state index contributed by atoms with van der Waals surface area (Å²) in [5, 5.41) is 28.4. The second-order valence-electron chi connectivity index (χ2n) is 3.17. The molecular weight excluding hydrogens is 226 g/mol. The van der Waals surface area contributed by atoms with Crippen LogP contribution in [0.2, 0.25) is 0 Å². The summed E-state index contributed by atoms with van der Waals surface area (Å²) in [4.78, 5) is 25.0. The number of nitrogens with zero attached hydrogens (tertiary/aromatic N) is 2. The Balaban J connectivity index is 2.82. The molecule has 1 aromatic rings. The van der Waals surface area contributed by atoms with Crippen LogP contribution in [0.4, 0.5) is 5.82 Å². The van der Waals surface area contributed by atoms with E-state index in [0.29, 0.717) is 5.56 Å². The van der Waals surface area contributed by atoms with Gasteiger partial charge in [0.25, 0.3) is 0 Å². The predicted octanol–water partition coefficient (Wildman–Crippen LogP) is 0.293. The maximum atomic E-state index is 10.8. The molecule has 0 saturated heterocycles. The summed E-state index contributed by atoms with van der Waals surface area (Å²) in [7, 11) is 0. The number of pyridine rings is 1. The van der Waals surface area contributed by atoms with Crippen LogP contribution in [-0.2, 0) is 9.59 Å². The van der Waals surface area contributed by atoms with Crippen molar-refractivity contribution in [2.45, 2.75) is 12.5 Å². The minimum absolute atomic E-state index is 0.151. The van der Waals surface area contributed by atoms with Crippen molar-refractivity contribution in [3.05, 3.63) is 23.9 Å². The second kappa shape index (κ2) is 5.46. The van der Waals surface area contributed by atoms with Crippen LogP contribution in [0.15, 0.2) is 18.3 Å². The highest BCUT2D eigenvalue weighted by atomic mass is 16.4. The maximum Gasteiger partial charge on any atom is 0.326 e. The van der Waals surface area contributed by atoms with E-state index in [1.54, 1.807) is 0 Å². The van der Waals surface area contributed by atoms with E-state index in [2.05, 4.69) is 10.3 Å². The Hall–Kier alpha value is -2.62. The molecule has 17 heavy (non-hydrogen) atoms. The molecule has 1 heterocycles. The van der Waals surface area contributed by atoms with Crippen molar-refractivity contribution in [2.24, 2.45) is 0 Å². The van der Waals surface area contributed by atoms with Gasteiger partial charge in [-0.2, -0.15) is 5.26 Å². The van der Waals surface area contributed by atoms with Gasteiger partial charge in [0.1, 0.15) is 11.9 Å². The number of aromatic nitrogens is 1. The first-order chi connectivity index (χ1) is 8.02. The summed E-state index contributed by atoms with van der Waals surface area (Å²) in [5.41, 5.74) is 0.307. The molecule has 0 saturated carbocycles. The van der Waals surface area contributed by atoms with Gasteiger partial charge in [-0.25, -0.2) is 9.78 Å². The molecule has 1 aromatic heterocycles. The van der Waals surface area contributed by atoms with Gasteiger partial charge in [0.2, 0.25) is 0 Å². The predicted molar refractivity (Wildman–Crippen MR) is 56.3 cm³/mol. The van der Waals surface area contributed by atoms with Crippen LogP contribution in [-0.4, -0.2) is 33.2 Å². The molecule has 88 valence electrons. The van der Waals surface area contributed by atoms with Gasteiger partial charge in [0, 0.05) is 6.20 Å². The third-order valence-electron chi connectivity index (χ3n) is 1.89. The monoisotopic (exact) mass is 235 g/mol. The Bertz CT molecular complexity index is 481. The van der Waals surface area contributed by atoms with Crippen molar-refractivity contribution in [3.8, 4) is 6.07 Å². The molecule has 1 rings (SSSR count). The van der Waals surface area contributed by atoms with Crippen molar-refractivity contribution in [1.29, 1.82) is 5.26 Å². The maximum absolute atomic E-state index is 10.8. The van der Waals surface area contributed by atoms with Crippen LogP contribution in [0.1, 0.15) is 12.0 Å². The number of carboxylic acids is 2. The smallest absolute Gasteiger partial charge is 0.326 e. The van der Waals surface area contributed by atoms with E-state index in [0.717, 1.165) is 0 Å². The van der Waals surface area contributed by atoms with E-state index < -0.39 is 24.4 Å². The van der Waals surface area contributed by atoms with E-state index in [9.17, 15) is 9.59 Å². The summed E-state index contributed by atoms with van der Waals surface area (Å²) in [6, 6.07) is 3.38. The Morgan fingerprint density at radius 3 is 2.76 bits per heavy atom. The van der Waals surface area contributed by atoms with Crippen molar-refractivity contribution in [2.75, 3.05) is 5.32 Å². The van der Waals surface area contributed by atoms with Crippen molar-refractivity contribution in [1.82, 2.24) is 4.98 Å². The number of carboxylic acid groups (broad SMARTS) is 2. The molecule has 0 aliphatic carbocycles. The van der Waals surface area contributed by atoms with Crippen LogP contribution < -0.4 is 5.32 Å². The third kappa shape index (κ3) is 3.79. The van der Waals surface area contributed by atoms with Crippen molar-refractivity contribution < 1.29 is 19.8 Å². The average Bonchev–Trinajstić information content (AvgIpc) is 2.27. The number of nitriles is 1. The number of rotatable bonds is 5. The zero-order valence-corrected chi connectivity index (χ0v) is 8.62. The zero-order valence-electron chi connectivity index (χ0n) is 8.62. The van der Waals surface area contributed by atoms with Gasteiger partial charge in [-0.05, 0) is 12.1 Å². The number of anilines is 1. The summed E-state index contributed by atoms with van der Waals surface area (Å²) < 4.78 is 0. The lowest BCUT2D eigenvalue weighted by molar-refractivity contribution is -0.144. The summed E-state index contributed by atoms with van der Waals surface area (Å²) in [6.07, 6.45) is 0.758. The molecule has 0 spiro atoms. The number of carbonyl (C=O) groups is 2. The lowest BCUT2D eigenvalue weighted by atomic mass is 10.2. The van der Waals surface area contributed by atoms with Crippen LogP contribution in [0, 0.1) is 11.3 Å². The zero-order chi connectivity index (χ0) is 12.8. The topological polar surface area (TPSA) is 123 Å². The average molecular weight is 235 g/mol. The van der Waals surface area contributed by atoms with Gasteiger partial charge in [0.15, 0.2) is 0 Å². The molecule has 7 heteroatoms. The molecule has 7 nitrogen and oxygen atoms in total. The minimum atomic E-state index is -1.29.